The summed E-state index contributed by atoms with van der Waals surface area (Å²) in [6, 6.07) is 1.78. The van der Waals surface area contributed by atoms with Gasteiger partial charge < -0.3 is 5.32 Å². The van der Waals surface area contributed by atoms with Crippen LogP contribution in [0.4, 0.5) is 0 Å². The van der Waals surface area contributed by atoms with E-state index in [1.165, 1.54) is 43.1 Å². The van der Waals surface area contributed by atoms with Crippen LogP contribution in [0.1, 0.15) is 55.8 Å². The van der Waals surface area contributed by atoms with Crippen molar-refractivity contribution in [3.63, 3.8) is 0 Å². The van der Waals surface area contributed by atoms with Crippen molar-refractivity contribution in [1.82, 2.24) is 5.32 Å². The molecule has 0 bridgehead atoms. The van der Waals surface area contributed by atoms with Crippen LogP contribution in [0.5, 0.6) is 0 Å². The lowest BCUT2D eigenvalue weighted by Crippen LogP contribution is -2.21. The molecule has 0 saturated carbocycles. The zero-order chi connectivity index (χ0) is 15.3. The number of thioether (sulfide) groups is 1. The van der Waals surface area contributed by atoms with Gasteiger partial charge in [-0.1, -0.05) is 50.8 Å². The van der Waals surface area contributed by atoms with Gasteiger partial charge in [0.2, 0.25) is 11.0 Å². The first kappa shape index (κ1) is 18.0. The Bertz CT molecular complexity index is 441. The number of carbonyl (C=O) groups excluding carboxylic acids is 2. The van der Waals surface area contributed by atoms with E-state index in [1.807, 2.05) is 10.8 Å². The highest BCUT2D eigenvalue weighted by atomic mass is 32.2. The van der Waals surface area contributed by atoms with Crippen LogP contribution < -0.4 is 5.32 Å². The van der Waals surface area contributed by atoms with Crippen molar-refractivity contribution >= 4 is 34.1 Å². The summed E-state index contributed by atoms with van der Waals surface area (Å²) in [5, 5.41) is 8.03. The minimum absolute atomic E-state index is 0.0313. The maximum Gasteiger partial charge on any atom is 0.244 e. The van der Waals surface area contributed by atoms with Crippen molar-refractivity contribution in [2.45, 2.75) is 45.4 Å². The summed E-state index contributed by atoms with van der Waals surface area (Å²) in [4.78, 5) is 23.2. The maximum atomic E-state index is 11.7. The lowest BCUT2D eigenvalue weighted by Gasteiger charge is -2.02. The molecule has 0 fully saturated rings. The van der Waals surface area contributed by atoms with Gasteiger partial charge in [0.25, 0.3) is 0 Å². The first-order valence-electron chi connectivity index (χ1n) is 7.41. The number of unbranched alkanes of at least 4 members (excludes halogenated alkanes) is 5. The summed E-state index contributed by atoms with van der Waals surface area (Å²) in [7, 11) is 0. The fraction of sp³-hybridized carbons (Fsp3) is 0.500. The molecule has 0 aliphatic rings. The number of amides is 1. The topological polar surface area (TPSA) is 46.2 Å². The van der Waals surface area contributed by atoms with Gasteiger partial charge in [-0.05, 0) is 23.3 Å². The molecule has 0 aliphatic carbocycles. The Hall–Kier alpha value is -1.07. The second-order valence-electron chi connectivity index (χ2n) is 4.78. The number of rotatable bonds is 10. The molecule has 21 heavy (non-hydrogen) atoms. The summed E-state index contributed by atoms with van der Waals surface area (Å²) >= 11 is 2.53. The molecule has 5 heteroatoms. The van der Waals surface area contributed by atoms with Crippen molar-refractivity contribution in [2.75, 3.05) is 6.54 Å². The third-order valence-electron chi connectivity index (χ3n) is 2.98. The molecule has 0 aromatic carbocycles. The van der Waals surface area contributed by atoms with Crippen LogP contribution in [0.3, 0.4) is 0 Å². The first-order chi connectivity index (χ1) is 10.2. The standard InChI is InChI=1S/C16H23NO2S2/c1-2-3-4-5-6-7-10-17-15(18)9-12-21-16(19)14-8-11-20-13-14/h8-9,11-13H,2-7,10H2,1H3,(H,17,18)/b12-9-. The van der Waals surface area contributed by atoms with Crippen LogP contribution in [0, 0.1) is 0 Å². The average molecular weight is 325 g/mol. The lowest BCUT2D eigenvalue weighted by atomic mass is 10.1. The molecule has 0 saturated heterocycles. The summed E-state index contributed by atoms with van der Waals surface area (Å²) in [6.45, 7) is 2.91. The number of hydrogen-bond donors (Lipinski definition) is 1. The SMILES string of the molecule is CCCCCCCCNC(=O)/C=C\SC(=O)c1ccsc1. The van der Waals surface area contributed by atoms with Gasteiger partial charge in [-0.3, -0.25) is 9.59 Å². The Kier molecular flexibility index (Phi) is 9.91. The molecule has 1 aromatic heterocycles. The van der Waals surface area contributed by atoms with Gasteiger partial charge in [-0.15, -0.1) is 0 Å². The van der Waals surface area contributed by atoms with Crippen molar-refractivity contribution in [2.24, 2.45) is 0 Å². The molecule has 116 valence electrons. The Labute approximate surface area is 135 Å². The molecule has 0 spiro atoms. The van der Waals surface area contributed by atoms with E-state index in [-0.39, 0.29) is 11.0 Å². The van der Waals surface area contributed by atoms with E-state index in [9.17, 15) is 9.59 Å². The Balaban J connectivity index is 2.05. The Morgan fingerprint density at radius 2 is 2.00 bits per heavy atom. The van der Waals surface area contributed by atoms with E-state index >= 15 is 0 Å². The van der Waals surface area contributed by atoms with Crippen LogP contribution in [0.15, 0.2) is 28.3 Å². The second-order valence-corrected chi connectivity index (χ2v) is 6.44. The number of carbonyl (C=O) groups is 2. The minimum atomic E-state index is -0.130. The van der Waals surface area contributed by atoms with E-state index in [1.54, 1.807) is 11.5 Å². The van der Waals surface area contributed by atoms with E-state index < -0.39 is 0 Å². The van der Waals surface area contributed by atoms with Gasteiger partial charge in [-0.2, -0.15) is 11.3 Å². The Morgan fingerprint density at radius 1 is 1.24 bits per heavy atom. The number of thiophene rings is 1. The van der Waals surface area contributed by atoms with Gasteiger partial charge in [0.05, 0.1) is 0 Å². The highest BCUT2D eigenvalue weighted by molar-refractivity contribution is 8.16. The van der Waals surface area contributed by atoms with Crippen molar-refractivity contribution in [3.8, 4) is 0 Å². The highest BCUT2D eigenvalue weighted by Gasteiger charge is 2.04. The molecule has 1 heterocycles. The predicted molar refractivity (Wildman–Crippen MR) is 91.8 cm³/mol. The van der Waals surface area contributed by atoms with Gasteiger partial charge in [0.1, 0.15) is 0 Å². The van der Waals surface area contributed by atoms with Crippen LogP contribution in [0.2, 0.25) is 0 Å². The Morgan fingerprint density at radius 3 is 2.71 bits per heavy atom. The predicted octanol–water partition coefficient (Wildman–Crippen LogP) is 4.61. The zero-order valence-corrected chi connectivity index (χ0v) is 14.1. The number of hydrogen-bond acceptors (Lipinski definition) is 4. The molecule has 1 aromatic rings. The fourth-order valence-electron chi connectivity index (χ4n) is 1.78. The molecule has 1 rings (SSSR count). The zero-order valence-electron chi connectivity index (χ0n) is 12.5. The van der Waals surface area contributed by atoms with E-state index in [0.29, 0.717) is 12.1 Å². The van der Waals surface area contributed by atoms with E-state index in [4.69, 9.17) is 0 Å². The largest absolute Gasteiger partial charge is 0.353 e. The molecular formula is C16H23NO2S2. The normalized spacial score (nSPS) is 10.9. The smallest absolute Gasteiger partial charge is 0.244 e. The second kappa shape index (κ2) is 11.6. The first-order valence-corrected chi connectivity index (χ1v) is 9.24. The third kappa shape index (κ3) is 8.73. The minimum Gasteiger partial charge on any atom is -0.353 e. The van der Waals surface area contributed by atoms with Crippen molar-refractivity contribution in [1.29, 1.82) is 0 Å². The molecule has 0 radical (unpaired) electrons. The fourth-order valence-corrected chi connectivity index (χ4v) is 3.07. The summed E-state index contributed by atoms with van der Waals surface area (Å²) in [5.41, 5.74) is 0.683. The summed E-state index contributed by atoms with van der Waals surface area (Å²) < 4.78 is 0. The molecule has 3 nitrogen and oxygen atoms in total. The van der Waals surface area contributed by atoms with Gasteiger partial charge >= 0.3 is 0 Å². The third-order valence-corrected chi connectivity index (χ3v) is 4.39. The molecule has 0 atom stereocenters. The van der Waals surface area contributed by atoms with Gasteiger partial charge in [0, 0.05) is 23.6 Å². The van der Waals surface area contributed by atoms with Gasteiger partial charge in [-0.25, -0.2) is 0 Å². The lowest BCUT2D eigenvalue weighted by molar-refractivity contribution is -0.116. The van der Waals surface area contributed by atoms with Gasteiger partial charge in [0.15, 0.2) is 0 Å². The highest BCUT2D eigenvalue weighted by Crippen LogP contribution is 2.15. The van der Waals surface area contributed by atoms with Crippen molar-refractivity contribution < 1.29 is 9.59 Å². The average Bonchev–Trinajstić information content (AvgIpc) is 3.00. The summed E-state index contributed by atoms with van der Waals surface area (Å²) in [5.74, 6) is -0.130. The van der Waals surface area contributed by atoms with Crippen molar-refractivity contribution in [3.05, 3.63) is 33.9 Å². The van der Waals surface area contributed by atoms with Crippen LogP contribution >= 0.6 is 23.1 Å². The van der Waals surface area contributed by atoms with Crippen LogP contribution in [-0.2, 0) is 4.79 Å². The summed E-state index contributed by atoms with van der Waals surface area (Å²) in [6.07, 6.45) is 8.68. The van der Waals surface area contributed by atoms with Crippen LogP contribution in [0.25, 0.3) is 0 Å². The van der Waals surface area contributed by atoms with E-state index in [2.05, 4.69) is 12.2 Å². The molecular weight excluding hydrogens is 302 g/mol. The monoisotopic (exact) mass is 325 g/mol. The number of nitrogens with one attached hydrogen (secondary N) is 1. The quantitative estimate of drug-likeness (QED) is 0.504. The molecule has 0 aliphatic heterocycles. The molecule has 1 amide bonds. The maximum absolute atomic E-state index is 11.7. The van der Waals surface area contributed by atoms with Crippen LogP contribution in [-0.4, -0.2) is 17.6 Å². The molecule has 1 N–H and O–H groups in total. The van der Waals surface area contributed by atoms with E-state index in [0.717, 1.165) is 24.6 Å². The molecule has 0 unspecified atom stereocenters.